The predicted molar refractivity (Wildman–Crippen MR) is 99.6 cm³/mol. The molecule has 7 heteroatoms. The van der Waals surface area contributed by atoms with Gasteiger partial charge in [0, 0.05) is 19.2 Å². The fourth-order valence-corrected chi connectivity index (χ4v) is 3.93. The largest absolute Gasteiger partial charge is 0.383 e. The highest BCUT2D eigenvalue weighted by Gasteiger charge is 2.30. The molecule has 1 aliphatic heterocycles. The number of rotatable bonds is 6. The smallest absolute Gasteiger partial charge is 0.251 e. The van der Waals surface area contributed by atoms with E-state index in [-0.39, 0.29) is 17.6 Å². The van der Waals surface area contributed by atoms with Crippen LogP contribution in [0.25, 0.3) is 0 Å². The van der Waals surface area contributed by atoms with Gasteiger partial charge in [0.1, 0.15) is 5.75 Å². The van der Waals surface area contributed by atoms with Gasteiger partial charge in [-0.25, -0.2) is 0 Å². The van der Waals surface area contributed by atoms with Crippen molar-refractivity contribution >= 4 is 28.3 Å². The summed E-state index contributed by atoms with van der Waals surface area (Å²) in [5.74, 6) is -0.510. The van der Waals surface area contributed by atoms with Crippen LogP contribution < -0.4 is 10.2 Å². The van der Waals surface area contributed by atoms with Gasteiger partial charge in [0.2, 0.25) is 5.91 Å². The third-order valence-corrected chi connectivity index (χ3v) is 5.43. The molecule has 2 amide bonds. The summed E-state index contributed by atoms with van der Waals surface area (Å²) in [6, 6.07) is 14.5. The molecule has 3 rings (SSSR count). The van der Waals surface area contributed by atoms with E-state index in [0.717, 1.165) is 5.56 Å². The Labute approximate surface area is 154 Å². The molecule has 0 spiro atoms. The molecule has 1 atom stereocenters. The van der Waals surface area contributed by atoms with Crippen LogP contribution in [0.3, 0.4) is 0 Å². The van der Waals surface area contributed by atoms with Gasteiger partial charge in [-0.15, -0.1) is 0 Å². The SMILES string of the molecule is COCCNC(=O)c1ccc2c(c1)N(Cc1ccccc1)C(=O)CS2=O. The maximum absolute atomic E-state index is 12.5. The average Bonchev–Trinajstić information content (AvgIpc) is 2.65. The molecule has 1 N–H and O–H groups in total. The molecule has 0 aliphatic carbocycles. The second kappa shape index (κ2) is 8.25. The van der Waals surface area contributed by atoms with Crippen molar-refractivity contribution in [1.82, 2.24) is 5.32 Å². The molecule has 0 fully saturated rings. The summed E-state index contributed by atoms with van der Waals surface area (Å²) in [5, 5.41) is 2.75. The number of ether oxygens (including phenoxy) is 1. The van der Waals surface area contributed by atoms with Crippen LogP contribution in [-0.4, -0.2) is 42.0 Å². The molecule has 0 radical (unpaired) electrons. The highest BCUT2D eigenvalue weighted by atomic mass is 32.2. The van der Waals surface area contributed by atoms with Gasteiger partial charge in [-0.2, -0.15) is 0 Å². The van der Waals surface area contributed by atoms with E-state index in [4.69, 9.17) is 4.74 Å². The molecule has 0 bridgehead atoms. The van der Waals surface area contributed by atoms with Gasteiger partial charge in [-0.3, -0.25) is 13.8 Å². The number of hydrogen-bond donors (Lipinski definition) is 1. The first-order valence-corrected chi connectivity index (χ1v) is 9.56. The van der Waals surface area contributed by atoms with Gasteiger partial charge >= 0.3 is 0 Å². The number of anilines is 1. The monoisotopic (exact) mass is 372 g/mol. The number of methoxy groups -OCH3 is 1. The second-order valence-corrected chi connectivity index (χ2v) is 7.31. The highest BCUT2D eigenvalue weighted by molar-refractivity contribution is 7.86. The van der Waals surface area contributed by atoms with Crippen LogP contribution in [0.5, 0.6) is 0 Å². The summed E-state index contributed by atoms with van der Waals surface area (Å²) in [4.78, 5) is 26.9. The van der Waals surface area contributed by atoms with Crippen LogP contribution in [0.15, 0.2) is 53.4 Å². The van der Waals surface area contributed by atoms with E-state index in [1.165, 1.54) is 0 Å². The number of benzene rings is 2. The lowest BCUT2D eigenvalue weighted by Gasteiger charge is -2.29. The standard InChI is InChI=1S/C19H20N2O4S/c1-25-10-9-20-19(23)15-7-8-17-16(11-15)21(18(22)13-26(17)24)12-14-5-3-2-4-6-14/h2-8,11H,9-10,12-13H2,1H3,(H,20,23). The maximum Gasteiger partial charge on any atom is 0.251 e. The molecule has 136 valence electrons. The van der Waals surface area contributed by atoms with Crippen LogP contribution in [-0.2, 0) is 26.9 Å². The highest BCUT2D eigenvalue weighted by Crippen LogP contribution is 2.31. The van der Waals surface area contributed by atoms with Crippen LogP contribution in [0.4, 0.5) is 5.69 Å². The lowest BCUT2D eigenvalue weighted by molar-refractivity contribution is -0.116. The van der Waals surface area contributed by atoms with Crippen molar-refractivity contribution in [1.29, 1.82) is 0 Å². The maximum atomic E-state index is 12.5. The summed E-state index contributed by atoms with van der Waals surface area (Å²) < 4.78 is 17.3. The number of fused-ring (bicyclic) bond motifs is 1. The van der Waals surface area contributed by atoms with E-state index >= 15 is 0 Å². The van der Waals surface area contributed by atoms with Crippen molar-refractivity contribution in [2.45, 2.75) is 11.4 Å². The van der Waals surface area contributed by atoms with Gasteiger partial charge in [-0.05, 0) is 23.8 Å². The first-order chi connectivity index (χ1) is 12.6. The van der Waals surface area contributed by atoms with E-state index in [2.05, 4.69) is 5.32 Å². The molecule has 2 aromatic rings. The molecule has 1 heterocycles. The Morgan fingerprint density at radius 3 is 2.73 bits per heavy atom. The van der Waals surface area contributed by atoms with Crippen molar-refractivity contribution in [2.24, 2.45) is 0 Å². The summed E-state index contributed by atoms with van der Waals surface area (Å²) >= 11 is 0. The van der Waals surface area contributed by atoms with Crippen LogP contribution in [0.1, 0.15) is 15.9 Å². The van der Waals surface area contributed by atoms with Gasteiger partial charge in [0.15, 0.2) is 0 Å². The molecular formula is C19H20N2O4S. The normalized spacial score (nSPS) is 16.3. The number of hydrogen-bond acceptors (Lipinski definition) is 4. The topological polar surface area (TPSA) is 75.7 Å². The zero-order valence-electron chi connectivity index (χ0n) is 14.4. The minimum Gasteiger partial charge on any atom is -0.383 e. The minimum atomic E-state index is -1.40. The Bertz CT molecular complexity index is 839. The number of amides is 2. The molecule has 26 heavy (non-hydrogen) atoms. The third-order valence-electron chi connectivity index (χ3n) is 4.09. The van der Waals surface area contributed by atoms with Gasteiger partial charge in [-0.1, -0.05) is 30.3 Å². The Balaban J connectivity index is 1.90. The van der Waals surface area contributed by atoms with Gasteiger partial charge in [0.25, 0.3) is 5.91 Å². The Morgan fingerprint density at radius 2 is 2.00 bits per heavy atom. The van der Waals surface area contributed by atoms with Gasteiger partial charge < -0.3 is 15.0 Å². The Hall–Kier alpha value is -2.51. The molecule has 0 aromatic heterocycles. The number of nitrogens with zero attached hydrogens (tertiary/aromatic N) is 1. The second-order valence-electron chi connectivity index (χ2n) is 5.89. The number of nitrogens with one attached hydrogen (secondary N) is 1. The summed E-state index contributed by atoms with van der Waals surface area (Å²) in [6.45, 7) is 1.18. The van der Waals surface area contributed by atoms with Crippen molar-refractivity contribution in [3.8, 4) is 0 Å². The fourth-order valence-electron chi connectivity index (χ4n) is 2.77. The zero-order valence-corrected chi connectivity index (χ0v) is 15.3. The first kappa shape index (κ1) is 18.3. The van der Waals surface area contributed by atoms with Crippen LogP contribution in [0.2, 0.25) is 0 Å². The quantitative estimate of drug-likeness (QED) is 0.784. The Morgan fingerprint density at radius 1 is 1.23 bits per heavy atom. The fraction of sp³-hybridized carbons (Fsp3) is 0.263. The molecule has 2 aromatic carbocycles. The third kappa shape index (κ3) is 4.00. The Kier molecular flexibility index (Phi) is 5.80. The molecule has 1 unspecified atom stereocenters. The predicted octanol–water partition coefficient (Wildman–Crippen LogP) is 1.72. The minimum absolute atomic E-state index is 0.0424. The molecule has 0 saturated carbocycles. The van der Waals surface area contributed by atoms with E-state index in [1.807, 2.05) is 30.3 Å². The lowest BCUT2D eigenvalue weighted by atomic mass is 10.1. The van der Waals surface area contributed by atoms with Crippen molar-refractivity contribution in [3.05, 3.63) is 59.7 Å². The average molecular weight is 372 g/mol. The van der Waals surface area contributed by atoms with Crippen molar-refractivity contribution < 1.29 is 18.5 Å². The first-order valence-electron chi connectivity index (χ1n) is 8.24. The molecule has 6 nitrogen and oxygen atoms in total. The van der Waals surface area contributed by atoms with Crippen LogP contribution >= 0.6 is 0 Å². The summed E-state index contributed by atoms with van der Waals surface area (Å²) in [5.41, 5.74) is 1.92. The number of carbonyl (C=O) groups is 2. The summed E-state index contributed by atoms with van der Waals surface area (Å²) in [7, 11) is 0.168. The van der Waals surface area contributed by atoms with E-state index in [0.29, 0.717) is 35.8 Å². The summed E-state index contributed by atoms with van der Waals surface area (Å²) in [6.07, 6.45) is 0. The van der Waals surface area contributed by atoms with Crippen molar-refractivity contribution in [2.75, 3.05) is 30.9 Å². The molecule has 1 aliphatic rings. The number of carbonyl (C=O) groups excluding carboxylic acids is 2. The molecule has 0 saturated heterocycles. The van der Waals surface area contributed by atoms with Crippen molar-refractivity contribution in [3.63, 3.8) is 0 Å². The van der Waals surface area contributed by atoms with Crippen LogP contribution in [0, 0.1) is 0 Å². The van der Waals surface area contributed by atoms with E-state index in [1.54, 1.807) is 30.2 Å². The molecular weight excluding hydrogens is 352 g/mol. The van der Waals surface area contributed by atoms with E-state index < -0.39 is 10.8 Å². The van der Waals surface area contributed by atoms with E-state index in [9.17, 15) is 13.8 Å². The zero-order chi connectivity index (χ0) is 18.5. The van der Waals surface area contributed by atoms with Gasteiger partial charge in [0.05, 0.1) is 34.5 Å². The lowest BCUT2D eigenvalue weighted by Crippen LogP contribution is -2.38.